The summed E-state index contributed by atoms with van der Waals surface area (Å²) in [6, 6.07) is 4.06. The van der Waals surface area contributed by atoms with Crippen LogP contribution in [-0.4, -0.2) is 11.1 Å². The van der Waals surface area contributed by atoms with E-state index in [1.165, 1.54) is 6.42 Å². The minimum Gasteiger partial charge on any atom is -0.474 e. The first-order valence-electron chi connectivity index (χ1n) is 7.78. The number of pyridine rings is 1. The van der Waals surface area contributed by atoms with Crippen molar-refractivity contribution in [2.45, 2.75) is 66.0 Å². The fourth-order valence-corrected chi connectivity index (χ4v) is 3.50. The highest BCUT2D eigenvalue weighted by atomic mass is 16.5. The van der Waals surface area contributed by atoms with Gasteiger partial charge in [0.25, 0.3) is 0 Å². The Bertz CT molecular complexity index is 434. The lowest BCUT2D eigenvalue weighted by Crippen LogP contribution is -2.34. The first-order valence-corrected chi connectivity index (χ1v) is 7.78. The van der Waals surface area contributed by atoms with Gasteiger partial charge in [0.2, 0.25) is 5.88 Å². The zero-order valence-electron chi connectivity index (χ0n) is 13.3. The fourth-order valence-electron chi connectivity index (χ4n) is 3.50. The van der Waals surface area contributed by atoms with Gasteiger partial charge in [-0.3, -0.25) is 0 Å². The molecule has 0 bridgehead atoms. The largest absolute Gasteiger partial charge is 0.474 e. The van der Waals surface area contributed by atoms with E-state index in [0.717, 1.165) is 36.4 Å². The van der Waals surface area contributed by atoms with Crippen LogP contribution in [0.5, 0.6) is 5.88 Å². The standard InChI is InChI=1S/C17H28N2O/c1-5-14-7-13(11-18)8-16(19-14)20-15-6-12(2)9-17(3,4)10-15/h7-8,12,15H,5-6,9-11,18H2,1-4H3. The average molecular weight is 276 g/mol. The molecule has 0 saturated heterocycles. The van der Waals surface area contributed by atoms with Crippen molar-refractivity contribution in [3.8, 4) is 5.88 Å². The number of nitrogens with zero attached hydrogens (tertiary/aromatic N) is 1. The number of hydrogen-bond acceptors (Lipinski definition) is 3. The van der Waals surface area contributed by atoms with Crippen molar-refractivity contribution < 1.29 is 4.74 Å². The Morgan fingerprint density at radius 2 is 2.10 bits per heavy atom. The van der Waals surface area contributed by atoms with E-state index in [2.05, 4.69) is 38.7 Å². The molecule has 2 atom stereocenters. The van der Waals surface area contributed by atoms with Crippen LogP contribution in [0.4, 0.5) is 0 Å². The summed E-state index contributed by atoms with van der Waals surface area (Å²) in [6.07, 6.45) is 4.70. The molecule has 1 aliphatic rings. The van der Waals surface area contributed by atoms with Crippen LogP contribution in [0.15, 0.2) is 12.1 Å². The summed E-state index contributed by atoms with van der Waals surface area (Å²) in [5.41, 5.74) is 8.29. The lowest BCUT2D eigenvalue weighted by Gasteiger charge is -2.38. The second-order valence-electron chi connectivity index (χ2n) is 7.02. The number of hydrogen-bond donors (Lipinski definition) is 1. The lowest BCUT2D eigenvalue weighted by molar-refractivity contribution is 0.0531. The van der Waals surface area contributed by atoms with Crippen molar-refractivity contribution in [2.75, 3.05) is 0 Å². The van der Waals surface area contributed by atoms with Gasteiger partial charge < -0.3 is 10.5 Å². The number of aryl methyl sites for hydroxylation is 1. The molecule has 2 N–H and O–H groups in total. The summed E-state index contributed by atoms with van der Waals surface area (Å²) in [4.78, 5) is 4.59. The van der Waals surface area contributed by atoms with Crippen LogP contribution < -0.4 is 10.5 Å². The predicted octanol–water partition coefficient (Wildman–Crippen LogP) is 3.70. The first kappa shape index (κ1) is 15.3. The summed E-state index contributed by atoms with van der Waals surface area (Å²) in [7, 11) is 0. The van der Waals surface area contributed by atoms with Crippen molar-refractivity contribution in [1.82, 2.24) is 4.98 Å². The number of ether oxygens (including phenoxy) is 1. The van der Waals surface area contributed by atoms with E-state index in [1.54, 1.807) is 0 Å². The lowest BCUT2D eigenvalue weighted by atomic mass is 9.71. The normalized spacial score (nSPS) is 25.4. The van der Waals surface area contributed by atoms with Gasteiger partial charge in [0.15, 0.2) is 0 Å². The van der Waals surface area contributed by atoms with Crippen LogP contribution in [0.2, 0.25) is 0 Å². The molecule has 0 aliphatic heterocycles. The summed E-state index contributed by atoms with van der Waals surface area (Å²) in [6.45, 7) is 9.63. The molecule has 1 saturated carbocycles. The van der Waals surface area contributed by atoms with Gasteiger partial charge in [-0.2, -0.15) is 0 Å². The third-order valence-corrected chi connectivity index (χ3v) is 4.15. The topological polar surface area (TPSA) is 48.1 Å². The molecule has 2 rings (SSSR count). The summed E-state index contributed by atoms with van der Waals surface area (Å²) in [5, 5.41) is 0. The van der Waals surface area contributed by atoms with E-state index in [0.29, 0.717) is 17.9 Å². The van der Waals surface area contributed by atoms with Gasteiger partial charge >= 0.3 is 0 Å². The summed E-state index contributed by atoms with van der Waals surface area (Å²) >= 11 is 0. The van der Waals surface area contributed by atoms with Crippen LogP contribution >= 0.6 is 0 Å². The average Bonchev–Trinajstić information content (AvgIpc) is 2.35. The molecule has 0 amide bonds. The Kier molecular flexibility index (Phi) is 4.69. The molecule has 0 spiro atoms. The third kappa shape index (κ3) is 3.95. The van der Waals surface area contributed by atoms with Crippen molar-refractivity contribution in [3.05, 3.63) is 23.4 Å². The Morgan fingerprint density at radius 1 is 1.35 bits per heavy atom. The van der Waals surface area contributed by atoms with E-state index < -0.39 is 0 Å². The van der Waals surface area contributed by atoms with Gasteiger partial charge in [-0.15, -0.1) is 0 Å². The number of aromatic nitrogens is 1. The second-order valence-corrected chi connectivity index (χ2v) is 7.02. The van der Waals surface area contributed by atoms with Crippen molar-refractivity contribution >= 4 is 0 Å². The molecule has 20 heavy (non-hydrogen) atoms. The van der Waals surface area contributed by atoms with E-state index >= 15 is 0 Å². The monoisotopic (exact) mass is 276 g/mol. The van der Waals surface area contributed by atoms with Gasteiger partial charge in [0, 0.05) is 18.3 Å². The Labute approximate surface area is 122 Å². The first-order chi connectivity index (χ1) is 9.41. The predicted molar refractivity (Wildman–Crippen MR) is 82.7 cm³/mol. The Hall–Kier alpha value is -1.09. The molecule has 0 radical (unpaired) electrons. The highest BCUT2D eigenvalue weighted by Crippen LogP contribution is 2.39. The van der Waals surface area contributed by atoms with E-state index in [9.17, 15) is 0 Å². The molecular formula is C17H28N2O. The molecule has 1 aromatic heterocycles. The number of nitrogens with two attached hydrogens (primary N) is 1. The molecule has 3 heteroatoms. The van der Waals surface area contributed by atoms with Gasteiger partial charge in [0.1, 0.15) is 6.10 Å². The minimum atomic E-state index is 0.277. The highest BCUT2D eigenvalue weighted by molar-refractivity contribution is 5.25. The quantitative estimate of drug-likeness (QED) is 0.912. The van der Waals surface area contributed by atoms with Gasteiger partial charge in [-0.25, -0.2) is 4.98 Å². The molecule has 1 fully saturated rings. The molecule has 0 aromatic carbocycles. The van der Waals surface area contributed by atoms with Crippen LogP contribution in [0.25, 0.3) is 0 Å². The molecule has 1 aromatic rings. The van der Waals surface area contributed by atoms with Gasteiger partial charge in [0.05, 0.1) is 0 Å². The third-order valence-electron chi connectivity index (χ3n) is 4.15. The van der Waals surface area contributed by atoms with E-state index in [1.807, 2.05) is 6.07 Å². The van der Waals surface area contributed by atoms with Crippen LogP contribution in [0, 0.1) is 11.3 Å². The molecule has 112 valence electrons. The van der Waals surface area contributed by atoms with Crippen LogP contribution in [0.1, 0.15) is 58.2 Å². The van der Waals surface area contributed by atoms with Gasteiger partial charge in [-0.05, 0) is 48.6 Å². The number of rotatable bonds is 4. The summed E-state index contributed by atoms with van der Waals surface area (Å²) in [5.74, 6) is 1.46. The molecule has 2 unspecified atom stereocenters. The van der Waals surface area contributed by atoms with Crippen LogP contribution in [0.3, 0.4) is 0 Å². The zero-order chi connectivity index (χ0) is 14.8. The molecular weight excluding hydrogens is 248 g/mol. The van der Waals surface area contributed by atoms with E-state index in [4.69, 9.17) is 10.5 Å². The van der Waals surface area contributed by atoms with Crippen molar-refractivity contribution in [2.24, 2.45) is 17.1 Å². The van der Waals surface area contributed by atoms with Crippen molar-refractivity contribution in [1.29, 1.82) is 0 Å². The Morgan fingerprint density at radius 3 is 2.70 bits per heavy atom. The minimum absolute atomic E-state index is 0.277. The van der Waals surface area contributed by atoms with Gasteiger partial charge in [-0.1, -0.05) is 27.7 Å². The van der Waals surface area contributed by atoms with E-state index in [-0.39, 0.29) is 6.10 Å². The molecule has 3 nitrogen and oxygen atoms in total. The van der Waals surface area contributed by atoms with Crippen molar-refractivity contribution in [3.63, 3.8) is 0 Å². The maximum atomic E-state index is 6.18. The second kappa shape index (κ2) is 6.13. The molecule has 1 heterocycles. The maximum absolute atomic E-state index is 6.18. The summed E-state index contributed by atoms with van der Waals surface area (Å²) < 4.78 is 6.18. The zero-order valence-corrected chi connectivity index (χ0v) is 13.3. The SMILES string of the molecule is CCc1cc(CN)cc(OC2CC(C)CC(C)(C)C2)n1. The maximum Gasteiger partial charge on any atom is 0.214 e. The Balaban J connectivity index is 2.12. The highest BCUT2D eigenvalue weighted by Gasteiger charge is 2.33. The van der Waals surface area contributed by atoms with Crippen LogP contribution in [-0.2, 0) is 13.0 Å². The molecule has 1 aliphatic carbocycles. The smallest absolute Gasteiger partial charge is 0.214 e. The fraction of sp³-hybridized carbons (Fsp3) is 0.706.